The van der Waals surface area contributed by atoms with Gasteiger partial charge in [-0.15, -0.1) is 5.10 Å². The van der Waals surface area contributed by atoms with Crippen molar-refractivity contribution in [2.24, 2.45) is 0 Å². The minimum atomic E-state index is -0.160. The highest BCUT2D eigenvalue weighted by Gasteiger charge is 2.17. The van der Waals surface area contributed by atoms with Gasteiger partial charge in [0.05, 0.1) is 18.1 Å². The molecule has 152 valence electrons. The normalized spacial score (nSPS) is 10.9. The quantitative estimate of drug-likeness (QED) is 0.497. The number of anilines is 1. The van der Waals surface area contributed by atoms with Gasteiger partial charge in [-0.3, -0.25) is 4.79 Å². The van der Waals surface area contributed by atoms with E-state index in [1.54, 1.807) is 29.1 Å². The number of aryl methyl sites for hydroxylation is 1. The zero-order chi connectivity index (χ0) is 21.1. The molecule has 0 aliphatic rings. The molecule has 7 nitrogen and oxygen atoms in total. The summed E-state index contributed by atoms with van der Waals surface area (Å²) in [5.74, 6) is 0.956. The van der Waals surface area contributed by atoms with E-state index in [1.165, 1.54) is 0 Å². The molecule has 0 atom stereocenters. The molecular formula is C23H22N4O3. The number of rotatable bonds is 6. The second-order valence-electron chi connectivity index (χ2n) is 7.14. The summed E-state index contributed by atoms with van der Waals surface area (Å²) in [4.78, 5) is 16.9. The van der Waals surface area contributed by atoms with Crippen LogP contribution in [0.3, 0.4) is 0 Å². The molecule has 4 rings (SSSR count). The molecule has 30 heavy (non-hydrogen) atoms. The molecule has 2 aromatic carbocycles. The number of carbonyl (C=O) groups is 1. The second kappa shape index (κ2) is 8.24. The largest absolute Gasteiger partial charge is 0.461 e. The SMILES string of the molecule is Cc1ccc(C(=O)Nc2ccc(-n3nc(OC(C)C)nc3-c3ccco3)cc2)cc1. The summed E-state index contributed by atoms with van der Waals surface area (Å²) >= 11 is 0. The Labute approximate surface area is 174 Å². The number of hydrogen-bond acceptors (Lipinski definition) is 5. The first-order valence-electron chi connectivity index (χ1n) is 9.65. The predicted octanol–water partition coefficient (Wildman–Crippen LogP) is 4.88. The molecule has 0 bridgehead atoms. The third-order valence-corrected chi connectivity index (χ3v) is 4.35. The molecule has 0 spiro atoms. The van der Waals surface area contributed by atoms with Crippen LogP contribution in [0.25, 0.3) is 17.3 Å². The van der Waals surface area contributed by atoms with E-state index in [0.29, 0.717) is 22.8 Å². The summed E-state index contributed by atoms with van der Waals surface area (Å²) in [5, 5.41) is 7.36. The standard InChI is InChI=1S/C23H22N4O3/c1-15(2)30-23-25-21(20-5-4-14-29-20)27(26-23)19-12-10-18(11-13-19)24-22(28)17-8-6-16(3)7-9-17/h4-15H,1-3H3,(H,24,28). The number of ether oxygens (including phenoxy) is 1. The summed E-state index contributed by atoms with van der Waals surface area (Å²) < 4.78 is 12.8. The maximum Gasteiger partial charge on any atom is 0.336 e. The fourth-order valence-electron chi connectivity index (χ4n) is 2.89. The highest BCUT2D eigenvalue weighted by atomic mass is 16.5. The molecule has 2 aromatic heterocycles. The number of amides is 1. The minimum absolute atomic E-state index is 0.0512. The first-order chi connectivity index (χ1) is 14.5. The summed E-state index contributed by atoms with van der Waals surface area (Å²) in [6, 6.07) is 18.7. The summed E-state index contributed by atoms with van der Waals surface area (Å²) in [7, 11) is 0. The lowest BCUT2D eigenvalue weighted by Crippen LogP contribution is -2.11. The monoisotopic (exact) mass is 402 g/mol. The number of nitrogens with zero attached hydrogens (tertiary/aromatic N) is 3. The van der Waals surface area contributed by atoms with Gasteiger partial charge in [0.1, 0.15) is 0 Å². The average molecular weight is 402 g/mol. The summed E-state index contributed by atoms with van der Waals surface area (Å²) in [6.07, 6.45) is 1.53. The Hall–Kier alpha value is -3.87. The lowest BCUT2D eigenvalue weighted by molar-refractivity contribution is 0.102. The Bertz CT molecular complexity index is 1130. The molecule has 0 unspecified atom stereocenters. The molecule has 2 heterocycles. The van der Waals surface area contributed by atoms with Crippen LogP contribution >= 0.6 is 0 Å². The zero-order valence-corrected chi connectivity index (χ0v) is 17.0. The van der Waals surface area contributed by atoms with E-state index in [9.17, 15) is 4.79 Å². The zero-order valence-electron chi connectivity index (χ0n) is 17.0. The smallest absolute Gasteiger partial charge is 0.336 e. The van der Waals surface area contributed by atoms with Gasteiger partial charge in [0.25, 0.3) is 5.91 Å². The van der Waals surface area contributed by atoms with E-state index in [4.69, 9.17) is 9.15 Å². The van der Waals surface area contributed by atoms with Crippen LogP contribution in [0.2, 0.25) is 0 Å². The van der Waals surface area contributed by atoms with Gasteiger partial charge in [-0.25, -0.2) is 4.68 Å². The maximum absolute atomic E-state index is 12.4. The molecule has 0 fully saturated rings. The first-order valence-corrected chi connectivity index (χ1v) is 9.65. The van der Waals surface area contributed by atoms with Crippen LogP contribution in [-0.4, -0.2) is 26.8 Å². The van der Waals surface area contributed by atoms with Crippen LogP contribution in [0.15, 0.2) is 71.3 Å². The van der Waals surface area contributed by atoms with E-state index in [0.717, 1.165) is 11.3 Å². The van der Waals surface area contributed by atoms with E-state index in [1.807, 2.05) is 63.2 Å². The van der Waals surface area contributed by atoms with Gasteiger partial charge in [-0.2, -0.15) is 4.98 Å². The molecule has 1 amide bonds. The topological polar surface area (TPSA) is 82.2 Å². The van der Waals surface area contributed by atoms with Crippen molar-refractivity contribution >= 4 is 11.6 Å². The van der Waals surface area contributed by atoms with Gasteiger partial charge in [-0.1, -0.05) is 17.7 Å². The van der Waals surface area contributed by atoms with Crippen molar-refractivity contribution in [1.82, 2.24) is 14.8 Å². The van der Waals surface area contributed by atoms with Crippen molar-refractivity contribution in [3.63, 3.8) is 0 Å². The minimum Gasteiger partial charge on any atom is -0.461 e. The van der Waals surface area contributed by atoms with Gasteiger partial charge in [0, 0.05) is 11.3 Å². The fourth-order valence-corrected chi connectivity index (χ4v) is 2.89. The Morgan fingerprint density at radius 2 is 1.80 bits per heavy atom. The number of aromatic nitrogens is 3. The molecule has 0 aliphatic carbocycles. The van der Waals surface area contributed by atoms with Crippen molar-refractivity contribution in [2.75, 3.05) is 5.32 Å². The van der Waals surface area contributed by atoms with E-state index in [2.05, 4.69) is 15.4 Å². The lowest BCUT2D eigenvalue weighted by Gasteiger charge is -2.08. The average Bonchev–Trinajstić information content (AvgIpc) is 3.38. The van der Waals surface area contributed by atoms with Crippen LogP contribution in [0, 0.1) is 6.92 Å². The van der Waals surface area contributed by atoms with Crippen LogP contribution < -0.4 is 10.1 Å². The van der Waals surface area contributed by atoms with Crippen LogP contribution in [0.5, 0.6) is 6.01 Å². The summed E-state index contributed by atoms with van der Waals surface area (Å²) in [5.41, 5.74) is 3.16. The molecular weight excluding hydrogens is 380 g/mol. The number of furan rings is 1. The fraction of sp³-hybridized carbons (Fsp3) is 0.174. The molecule has 0 saturated carbocycles. The number of benzene rings is 2. The second-order valence-corrected chi connectivity index (χ2v) is 7.14. The van der Waals surface area contributed by atoms with Crippen molar-refractivity contribution < 1.29 is 13.9 Å². The van der Waals surface area contributed by atoms with Crippen LogP contribution in [0.1, 0.15) is 29.8 Å². The molecule has 4 aromatic rings. The van der Waals surface area contributed by atoms with Crippen molar-refractivity contribution in [3.05, 3.63) is 78.1 Å². The predicted molar refractivity (Wildman–Crippen MR) is 114 cm³/mol. The van der Waals surface area contributed by atoms with Gasteiger partial charge in [0.15, 0.2) is 5.76 Å². The Kier molecular flexibility index (Phi) is 5.34. The highest BCUT2D eigenvalue weighted by molar-refractivity contribution is 6.04. The number of carbonyl (C=O) groups excluding carboxylic acids is 1. The Morgan fingerprint density at radius 1 is 1.07 bits per heavy atom. The third-order valence-electron chi connectivity index (χ3n) is 4.35. The molecule has 1 N–H and O–H groups in total. The summed E-state index contributed by atoms with van der Waals surface area (Å²) in [6.45, 7) is 5.82. The molecule has 0 saturated heterocycles. The van der Waals surface area contributed by atoms with E-state index >= 15 is 0 Å². The van der Waals surface area contributed by atoms with E-state index < -0.39 is 0 Å². The van der Waals surface area contributed by atoms with Gasteiger partial charge in [0.2, 0.25) is 5.82 Å². The van der Waals surface area contributed by atoms with Gasteiger partial charge in [-0.05, 0) is 69.3 Å². The molecule has 0 radical (unpaired) electrons. The van der Waals surface area contributed by atoms with Crippen molar-refractivity contribution in [3.8, 4) is 23.3 Å². The number of nitrogens with one attached hydrogen (secondary N) is 1. The van der Waals surface area contributed by atoms with Crippen molar-refractivity contribution in [2.45, 2.75) is 26.9 Å². The molecule has 7 heteroatoms. The first kappa shape index (κ1) is 19.4. The lowest BCUT2D eigenvalue weighted by atomic mass is 10.1. The van der Waals surface area contributed by atoms with Gasteiger partial charge < -0.3 is 14.5 Å². The highest BCUT2D eigenvalue weighted by Crippen LogP contribution is 2.25. The van der Waals surface area contributed by atoms with Crippen LogP contribution in [-0.2, 0) is 0 Å². The Balaban J connectivity index is 1.58. The van der Waals surface area contributed by atoms with E-state index in [-0.39, 0.29) is 18.0 Å². The Morgan fingerprint density at radius 3 is 2.43 bits per heavy atom. The van der Waals surface area contributed by atoms with Crippen molar-refractivity contribution in [1.29, 1.82) is 0 Å². The molecule has 0 aliphatic heterocycles. The van der Waals surface area contributed by atoms with Gasteiger partial charge >= 0.3 is 6.01 Å². The maximum atomic E-state index is 12.4. The van der Waals surface area contributed by atoms with Crippen LogP contribution in [0.4, 0.5) is 5.69 Å². The third kappa shape index (κ3) is 4.25. The number of hydrogen-bond donors (Lipinski definition) is 1.